The molecule has 0 amide bonds. The molecule has 108 valence electrons. The van der Waals surface area contributed by atoms with Gasteiger partial charge >= 0.3 is 0 Å². The summed E-state index contributed by atoms with van der Waals surface area (Å²) in [5.74, 6) is 0. The predicted molar refractivity (Wildman–Crippen MR) is 96.0 cm³/mol. The van der Waals surface area contributed by atoms with Gasteiger partial charge in [-0.15, -0.1) is 11.3 Å². The van der Waals surface area contributed by atoms with Crippen LogP contribution in [-0.4, -0.2) is 6.54 Å². The first-order valence-corrected chi connectivity index (χ1v) is 9.25. The fourth-order valence-electron chi connectivity index (χ4n) is 2.08. The summed E-state index contributed by atoms with van der Waals surface area (Å²) < 4.78 is 2.22. The second-order valence-corrected chi connectivity index (χ2v) is 8.35. The number of halogens is 3. The van der Waals surface area contributed by atoms with Crippen LogP contribution in [0.15, 0.2) is 32.5 Å². The number of thiophene rings is 1. The molecule has 1 aromatic heterocycles. The number of benzene rings is 1. The molecule has 1 N–H and O–H groups in total. The summed E-state index contributed by atoms with van der Waals surface area (Å²) in [7, 11) is 0. The van der Waals surface area contributed by atoms with Crippen molar-refractivity contribution in [2.24, 2.45) is 0 Å². The summed E-state index contributed by atoms with van der Waals surface area (Å²) in [4.78, 5) is 1.28. The molecule has 0 bridgehead atoms. The summed E-state index contributed by atoms with van der Waals surface area (Å²) in [5, 5.41) is 4.40. The van der Waals surface area contributed by atoms with Crippen molar-refractivity contribution in [2.45, 2.75) is 26.3 Å². The Morgan fingerprint density at radius 2 is 2.05 bits per heavy atom. The summed E-state index contributed by atoms with van der Waals surface area (Å²) in [5.41, 5.74) is 2.50. The lowest BCUT2D eigenvalue weighted by Gasteiger charge is -2.20. The molecular weight excluding hydrogens is 422 g/mol. The zero-order valence-electron chi connectivity index (χ0n) is 11.3. The van der Waals surface area contributed by atoms with Gasteiger partial charge in [-0.1, -0.05) is 24.6 Å². The molecule has 0 aliphatic rings. The van der Waals surface area contributed by atoms with Crippen molar-refractivity contribution in [3.8, 4) is 0 Å². The van der Waals surface area contributed by atoms with Crippen LogP contribution in [0.5, 0.6) is 0 Å². The third-order valence-corrected chi connectivity index (χ3v) is 6.66. The van der Waals surface area contributed by atoms with Gasteiger partial charge in [0.05, 0.1) is 9.83 Å². The molecule has 20 heavy (non-hydrogen) atoms. The number of hydrogen-bond donors (Lipinski definition) is 1. The van der Waals surface area contributed by atoms with E-state index in [1.54, 1.807) is 11.3 Å². The first-order chi connectivity index (χ1) is 9.52. The fourth-order valence-corrected chi connectivity index (χ4v) is 4.45. The molecule has 1 aromatic carbocycles. The van der Waals surface area contributed by atoms with Crippen molar-refractivity contribution in [1.29, 1.82) is 0 Å². The normalized spacial score (nSPS) is 12.7. The monoisotopic (exact) mass is 435 g/mol. The van der Waals surface area contributed by atoms with Crippen LogP contribution in [0.3, 0.4) is 0 Å². The minimum absolute atomic E-state index is 0.182. The van der Waals surface area contributed by atoms with E-state index in [-0.39, 0.29) is 6.04 Å². The maximum absolute atomic E-state index is 6.18. The Kier molecular flexibility index (Phi) is 6.11. The van der Waals surface area contributed by atoms with Gasteiger partial charge in [0.1, 0.15) is 0 Å². The van der Waals surface area contributed by atoms with E-state index in [1.165, 1.54) is 16.0 Å². The first-order valence-electron chi connectivity index (χ1n) is 6.47. The third-order valence-electron chi connectivity index (χ3n) is 3.10. The summed E-state index contributed by atoms with van der Waals surface area (Å²) in [6.45, 7) is 5.28. The maximum atomic E-state index is 6.18. The molecule has 5 heteroatoms. The second-order valence-electron chi connectivity index (χ2n) is 4.66. The molecule has 0 saturated heterocycles. The van der Waals surface area contributed by atoms with Crippen LogP contribution in [0.1, 0.15) is 35.4 Å². The van der Waals surface area contributed by atoms with Gasteiger partial charge < -0.3 is 5.32 Å². The van der Waals surface area contributed by atoms with Crippen molar-refractivity contribution in [1.82, 2.24) is 5.32 Å². The lowest BCUT2D eigenvalue weighted by molar-refractivity contribution is 0.603. The minimum atomic E-state index is 0.182. The Balaban J connectivity index is 2.43. The SMILES string of the molecule is CCCNC(c1cc(Br)c(Br)s1)c1cc(Cl)ccc1C. The van der Waals surface area contributed by atoms with Crippen molar-refractivity contribution < 1.29 is 0 Å². The summed E-state index contributed by atoms with van der Waals surface area (Å²) in [6, 6.07) is 8.43. The Morgan fingerprint density at radius 3 is 2.65 bits per heavy atom. The highest BCUT2D eigenvalue weighted by atomic mass is 79.9. The second kappa shape index (κ2) is 7.41. The zero-order valence-corrected chi connectivity index (χ0v) is 16.1. The average Bonchev–Trinajstić information content (AvgIpc) is 2.74. The van der Waals surface area contributed by atoms with Crippen LogP contribution in [0.2, 0.25) is 5.02 Å². The third kappa shape index (κ3) is 3.86. The number of rotatable bonds is 5. The van der Waals surface area contributed by atoms with Crippen LogP contribution in [0, 0.1) is 6.92 Å². The average molecular weight is 438 g/mol. The molecule has 0 aliphatic heterocycles. The largest absolute Gasteiger partial charge is 0.306 e. The molecule has 1 heterocycles. The van der Waals surface area contributed by atoms with E-state index in [2.05, 4.69) is 69.2 Å². The molecule has 0 fully saturated rings. The number of aryl methyl sites for hydroxylation is 1. The molecule has 0 aliphatic carbocycles. The molecule has 0 spiro atoms. The maximum Gasteiger partial charge on any atom is 0.0843 e. The van der Waals surface area contributed by atoms with Gasteiger partial charge in [0, 0.05) is 14.4 Å². The van der Waals surface area contributed by atoms with Gasteiger partial charge in [-0.2, -0.15) is 0 Å². The molecule has 1 unspecified atom stereocenters. The van der Waals surface area contributed by atoms with Gasteiger partial charge in [0.2, 0.25) is 0 Å². The van der Waals surface area contributed by atoms with Crippen molar-refractivity contribution in [2.75, 3.05) is 6.54 Å². The summed E-state index contributed by atoms with van der Waals surface area (Å²) in [6.07, 6.45) is 1.10. The minimum Gasteiger partial charge on any atom is -0.306 e. The highest BCUT2D eigenvalue weighted by molar-refractivity contribution is 9.13. The van der Waals surface area contributed by atoms with E-state index in [4.69, 9.17) is 11.6 Å². The number of hydrogen-bond acceptors (Lipinski definition) is 2. The van der Waals surface area contributed by atoms with Gasteiger partial charge in [-0.3, -0.25) is 0 Å². The van der Waals surface area contributed by atoms with E-state index in [1.807, 2.05) is 6.07 Å². The van der Waals surface area contributed by atoms with Crippen LogP contribution in [0.25, 0.3) is 0 Å². The molecule has 0 radical (unpaired) electrons. The van der Waals surface area contributed by atoms with E-state index in [0.29, 0.717) is 0 Å². The Morgan fingerprint density at radius 1 is 1.30 bits per heavy atom. The standard InChI is InChI=1S/C15H16Br2ClNS/c1-3-6-19-14(13-8-12(16)15(17)20-13)11-7-10(18)5-4-9(11)2/h4-5,7-8,14,19H,3,6H2,1-2H3. The smallest absolute Gasteiger partial charge is 0.0843 e. The van der Waals surface area contributed by atoms with Gasteiger partial charge in [-0.25, -0.2) is 0 Å². The summed E-state index contributed by atoms with van der Waals surface area (Å²) >= 11 is 15.1. The van der Waals surface area contributed by atoms with E-state index in [9.17, 15) is 0 Å². The molecule has 2 aromatic rings. The molecular formula is C15H16Br2ClNS. The Labute approximate surface area is 146 Å². The highest BCUT2D eigenvalue weighted by Crippen LogP contribution is 2.38. The van der Waals surface area contributed by atoms with Crippen molar-refractivity contribution in [3.63, 3.8) is 0 Å². The van der Waals surface area contributed by atoms with Gasteiger partial charge in [0.25, 0.3) is 0 Å². The van der Waals surface area contributed by atoms with Crippen LogP contribution < -0.4 is 5.32 Å². The topological polar surface area (TPSA) is 12.0 Å². The van der Waals surface area contributed by atoms with E-state index >= 15 is 0 Å². The van der Waals surface area contributed by atoms with Crippen molar-refractivity contribution in [3.05, 3.63) is 53.6 Å². The first kappa shape index (κ1) is 16.5. The number of nitrogens with one attached hydrogen (secondary N) is 1. The van der Waals surface area contributed by atoms with Crippen LogP contribution in [0.4, 0.5) is 0 Å². The van der Waals surface area contributed by atoms with Crippen molar-refractivity contribution >= 4 is 54.8 Å². The lowest BCUT2D eigenvalue weighted by Crippen LogP contribution is -2.23. The van der Waals surface area contributed by atoms with Crippen LogP contribution >= 0.6 is 54.8 Å². The quantitative estimate of drug-likeness (QED) is 0.577. The molecule has 0 saturated carbocycles. The highest BCUT2D eigenvalue weighted by Gasteiger charge is 2.19. The lowest BCUT2D eigenvalue weighted by atomic mass is 10.00. The Bertz CT molecular complexity index is 578. The fraction of sp³-hybridized carbons (Fsp3) is 0.333. The molecule has 1 atom stereocenters. The molecule has 1 nitrogen and oxygen atoms in total. The van der Waals surface area contributed by atoms with E-state index < -0.39 is 0 Å². The zero-order chi connectivity index (χ0) is 14.7. The Hall–Kier alpha value is 0.130. The predicted octanol–water partition coefficient (Wildman–Crippen LogP) is 6.32. The van der Waals surface area contributed by atoms with E-state index in [0.717, 1.165) is 26.2 Å². The van der Waals surface area contributed by atoms with Crippen LogP contribution in [-0.2, 0) is 0 Å². The van der Waals surface area contributed by atoms with Gasteiger partial charge in [0.15, 0.2) is 0 Å². The molecule has 2 rings (SSSR count). The van der Waals surface area contributed by atoms with Gasteiger partial charge in [-0.05, 0) is 81.1 Å².